The first-order chi connectivity index (χ1) is 9.24. The largest absolute Gasteiger partial charge is 0.469 e. The molecule has 0 amide bonds. The van der Waals surface area contributed by atoms with Crippen LogP contribution in [0.3, 0.4) is 0 Å². The van der Waals surface area contributed by atoms with E-state index in [0.717, 1.165) is 22.9 Å². The molecule has 0 saturated carbocycles. The summed E-state index contributed by atoms with van der Waals surface area (Å²) >= 11 is 0. The molecule has 0 bridgehead atoms. The summed E-state index contributed by atoms with van der Waals surface area (Å²) in [5, 5.41) is 2.18. The maximum atomic E-state index is 11.4. The Morgan fingerprint density at radius 1 is 1.32 bits per heavy atom. The van der Waals surface area contributed by atoms with Crippen LogP contribution in [-0.2, 0) is 22.4 Å². The Labute approximate surface area is 113 Å². The number of esters is 1. The van der Waals surface area contributed by atoms with Gasteiger partial charge in [-0.1, -0.05) is 25.5 Å². The first kappa shape index (κ1) is 13.5. The maximum Gasteiger partial charge on any atom is 0.311 e. The van der Waals surface area contributed by atoms with Crippen molar-refractivity contribution in [1.82, 2.24) is 4.98 Å². The lowest BCUT2D eigenvalue weighted by Crippen LogP contribution is -2.06. The van der Waals surface area contributed by atoms with Crippen molar-refractivity contribution in [3.05, 3.63) is 41.7 Å². The summed E-state index contributed by atoms with van der Waals surface area (Å²) in [7, 11) is 1.40. The van der Waals surface area contributed by atoms with Crippen LogP contribution < -0.4 is 0 Å². The molecule has 0 fully saturated rings. The molecule has 0 spiro atoms. The Balaban J connectivity index is 2.37. The van der Waals surface area contributed by atoms with Crippen molar-refractivity contribution in [3.8, 4) is 0 Å². The fourth-order valence-corrected chi connectivity index (χ4v) is 2.16. The van der Waals surface area contributed by atoms with Crippen LogP contribution in [0.2, 0.25) is 0 Å². The number of unbranched alkanes of at least 4 members (excludes halogenated alkanes) is 1. The smallest absolute Gasteiger partial charge is 0.311 e. The molecule has 0 aliphatic heterocycles. The van der Waals surface area contributed by atoms with Crippen LogP contribution in [0, 0.1) is 0 Å². The Morgan fingerprint density at radius 3 is 2.89 bits per heavy atom. The van der Waals surface area contributed by atoms with Gasteiger partial charge in [-0.25, -0.2) is 0 Å². The predicted octanol–water partition coefficient (Wildman–Crippen LogP) is 3.29. The number of rotatable bonds is 5. The standard InChI is InChI=1S/C16H19NO2/c1-3-4-5-12-6-7-13-8-9-17-15(14(13)10-12)11-16(18)19-2/h6-10H,3-5,11H2,1-2H3. The first-order valence-corrected chi connectivity index (χ1v) is 6.68. The van der Waals surface area contributed by atoms with Crippen molar-refractivity contribution in [2.75, 3.05) is 7.11 Å². The summed E-state index contributed by atoms with van der Waals surface area (Å²) in [5.74, 6) is -0.251. The second kappa shape index (κ2) is 6.32. The molecule has 0 aliphatic rings. The summed E-state index contributed by atoms with van der Waals surface area (Å²) in [5.41, 5.74) is 2.09. The van der Waals surface area contributed by atoms with Gasteiger partial charge < -0.3 is 4.74 Å². The van der Waals surface area contributed by atoms with Gasteiger partial charge in [-0.05, 0) is 35.9 Å². The van der Waals surface area contributed by atoms with Gasteiger partial charge >= 0.3 is 5.97 Å². The van der Waals surface area contributed by atoms with E-state index in [1.165, 1.54) is 25.5 Å². The Bertz CT molecular complexity index is 578. The number of carbonyl (C=O) groups is 1. The molecule has 3 nitrogen and oxygen atoms in total. The third-order valence-corrected chi connectivity index (χ3v) is 3.27. The molecule has 0 radical (unpaired) electrons. The molecule has 0 aliphatic carbocycles. The minimum Gasteiger partial charge on any atom is -0.469 e. The number of ether oxygens (including phenoxy) is 1. The summed E-state index contributed by atoms with van der Waals surface area (Å²) in [6, 6.07) is 8.37. The van der Waals surface area contributed by atoms with Gasteiger partial charge in [-0.3, -0.25) is 9.78 Å². The van der Waals surface area contributed by atoms with E-state index in [1.54, 1.807) is 6.20 Å². The normalized spacial score (nSPS) is 10.6. The van der Waals surface area contributed by atoms with Crippen molar-refractivity contribution >= 4 is 16.7 Å². The van der Waals surface area contributed by atoms with Gasteiger partial charge in [0.1, 0.15) is 0 Å². The summed E-state index contributed by atoms with van der Waals surface area (Å²) in [6.07, 6.45) is 5.40. The highest BCUT2D eigenvalue weighted by Gasteiger charge is 2.08. The first-order valence-electron chi connectivity index (χ1n) is 6.68. The third-order valence-electron chi connectivity index (χ3n) is 3.27. The van der Waals surface area contributed by atoms with Gasteiger partial charge in [-0.2, -0.15) is 0 Å². The molecule has 2 rings (SSSR count). The monoisotopic (exact) mass is 257 g/mol. The van der Waals surface area contributed by atoms with Gasteiger partial charge in [0, 0.05) is 11.6 Å². The van der Waals surface area contributed by atoms with Crippen molar-refractivity contribution in [1.29, 1.82) is 0 Å². The number of fused-ring (bicyclic) bond motifs is 1. The SMILES string of the molecule is CCCCc1ccc2ccnc(CC(=O)OC)c2c1. The molecule has 0 saturated heterocycles. The molecule has 1 heterocycles. The molecule has 2 aromatic rings. The van der Waals surface area contributed by atoms with Gasteiger partial charge in [0.25, 0.3) is 0 Å². The van der Waals surface area contributed by atoms with Gasteiger partial charge in [0.2, 0.25) is 0 Å². The van der Waals surface area contributed by atoms with Crippen molar-refractivity contribution in [2.45, 2.75) is 32.6 Å². The lowest BCUT2D eigenvalue weighted by molar-refractivity contribution is -0.139. The number of aromatic nitrogens is 1. The Hall–Kier alpha value is -1.90. The average molecular weight is 257 g/mol. The number of carbonyl (C=O) groups excluding carboxylic acids is 1. The lowest BCUT2D eigenvalue weighted by Gasteiger charge is -2.07. The van der Waals surface area contributed by atoms with Crippen molar-refractivity contribution in [3.63, 3.8) is 0 Å². The predicted molar refractivity (Wildman–Crippen MR) is 76.1 cm³/mol. The highest BCUT2D eigenvalue weighted by molar-refractivity contribution is 5.88. The highest BCUT2D eigenvalue weighted by atomic mass is 16.5. The van der Waals surface area contributed by atoms with E-state index in [-0.39, 0.29) is 12.4 Å². The second-order valence-electron chi connectivity index (χ2n) is 4.67. The fraction of sp³-hybridized carbons (Fsp3) is 0.375. The number of hydrogen-bond acceptors (Lipinski definition) is 3. The minimum atomic E-state index is -0.251. The van der Waals surface area contributed by atoms with E-state index in [4.69, 9.17) is 4.74 Å². The van der Waals surface area contributed by atoms with Crippen LogP contribution in [0.1, 0.15) is 31.0 Å². The minimum absolute atomic E-state index is 0.227. The average Bonchev–Trinajstić information content (AvgIpc) is 2.45. The van der Waals surface area contributed by atoms with Crippen LogP contribution in [0.25, 0.3) is 10.8 Å². The summed E-state index contributed by atoms with van der Waals surface area (Å²) in [4.78, 5) is 15.7. The molecule has 3 heteroatoms. The van der Waals surface area contributed by atoms with E-state index < -0.39 is 0 Å². The molecule has 0 unspecified atom stereocenters. The van der Waals surface area contributed by atoms with E-state index >= 15 is 0 Å². The van der Waals surface area contributed by atoms with E-state index in [1.807, 2.05) is 6.07 Å². The molecule has 19 heavy (non-hydrogen) atoms. The van der Waals surface area contributed by atoms with Crippen LogP contribution >= 0.6 is 0 Å². The number of hydrogen-bond donors (Lipinski definition) is 0. The number of pyridine rings is 1. The molecule has 0 atom stereocenters. The Morgan fingerprint density at radius 2 is 2.16 bits per heavy atom. The number of nitrogens with zero attached hydrogens (tertiary/aromatic N) is 1. The fourth-order valence-electron chi connectivity index (χ4n) is 2.16. The van der Waals surface area contributed by atoms with Gasteiger partial charge in [0.15, 0.2) is 0 Å². The molecule has 1 aromatic heterocycles. The summed E-state index contributed by atoms with van der Waals surface area (Å²) < 4.78 is 4.72. The van der Waals surface area contributed by atoms with Crippen LogP contribution in [0.5, 0.6) is 0 Å². The van der Waals surface area contributed by atoms with Gasteiger partial charge in [0.05, 0.1) is 19.2 Å². The van der Waals surface area contributed by atoms with Gasteiger partial charge in [-0.15, -0.1) is 0 Å². The topological polar surface area (TPSA) is 39.2 Å². The molecule has 100 valence electrons. The third kappa shape index (κ3) is 3.31. The van der Waals surface area contributed by atoms with Crippen LogP contribution in [0.4, 0.5) is 0 Å². The molecule has 0 N–H and O–H groups in total. The van der Waals surface area contributed by atoms with Crippen LogP contribution in [0.15, 0.2) is 30.5 Å². The molecule has 1 aromatic carbocycles. The molecular weight excluding hydrogens is 238 g/mol. The van der Waals surface area contributed by atoms with Crippen molar-refractivity contribution in [2.24, 2.45) is 0 Å². The zero-order valence-electron chi connectivity index (χ0n) is 11.5. The van der Waals surface area contributed by atoms with E-state index in [2.05, 4.69) is 30.1 Å². The zero-order valence-corrected chi connectivity index (χ0v) is 11.5. The van der Waals surface area contributed by atoms with E-state index in [0.29, 0.717) is 0 Å². The highest BCUT2D eigenvalue weighted by Crippen LogP contribution is 2.20. The van der Waals surface area contributed by atoms with E-state index in [9.17, 15) is 4.79 Å². The quantitative estimate of drug-likeness (QED) is 0.771. The number of methoxy groups -OCH3 is 1. The number of aryl methyl sites for hydroxylation is 1. The van der Waals surface area contributed by atoms with Crippen molar-refractivity contribution < 1.29 is 9.53 Å². The number of benzene rings is 1. The lowest BCUT2D eigenvalue weighted by atomic mass is 10.0. The Kier molecular flexibility index (Phi) is 4.50. The summed E-state index contributed by atoms with van der Waals surface area (Å²) in [6.45, 7) is 2.19. The maximum absolute atomic E-state index is 11.4. The zero-order chi connectivity index (χ0) is 13.7. The van der Waals surface area contributed by atoms with Crippen LogP contribution in [-0.4, -0.2) is 18.1 Å². The second-order valence-corrected chi connectivity index (χ2v) is 4.67. The molecular formula is C16H19NO2.